The third kappa shape index (κ3) is 4.82. The Bertz CT molecular complexity index is 682. The highest BCUT2D eigenvalue weighted by molar-refractivity contribution is 8.13. The molecule has 2 aromatic rings. The first-order chi connectivity index (χ1) is 10.6. The first-order valence-electron chi connectivity index (χ1n) is 6.24. The lowest BCUT2D eigenvalue weighted by Gasteiger charge is -1.99. The third-order valence-corrected chi connectivity index (χ3v) is 3.73. The summed E-state index contributed by atoms with van der Waals surface area (Å²) in [6.45, 7) is 0. The second kappa shape index (κ2) is 7.91. The van der Waals surface area contributed by atoms with Crippen LogP contribution in [0.25, 0.3) is 0 Å². The molecule has 0 unspecified atom stereocenters. The van der Waals surface area contributed by atoms with Crippen LogP contribution in [-0.2, 0) is 5.75 Å². The Balaban J connectivity index is 1.95. The number of halogens is 3. The van der Waals surface area contributed by atoms with E-state index >= 15 is 0 Å². The van der Waals surface area contributed by atoms with Gasteiger partial charge in [0.25, 0.3) is 0 Å². The van der Waals surface area contributed by atoms with E-state index < -0.39 is 11.6 Å². The molecule has 2 N–H and O–H groups in total. The third-order valence-electron chi connectivity index (χ3n) is 2.60. The average molecular weight is 340 g/mol. The molecule has 3 nitrogen and oxygen atoms in total. The summed E-state index contributed by atoms with van der Waals surface area (Å²) in [6.07, 6.45) is 1.25. The highest BCUT2D eigenvalue weighted by Crippen LogP contribution is 2.19. The lowest BCUT2D eigenvalue weighted by Crippen LogP contribution is -2.06. The van der Waals surface area contributed by atoms with Crippen LogP contribution in [0.3, 0.4) is 0 Å². The molecule has 0 aliphatic heterocycles. The molecule has 2 aromatic carbocycles. The second-order valence-electron chi connectivity index (χ2n) is 4.26. The van der Waals surface area contributed by atoms with Crippen LogP contribution in [0.15, 0.2) is 52.7 Å². The maximum absolute atomic E-state index is 13.1. The van der Waals surface area contributed by atoms with Crippen LogP contribution >= 0.6 is 23.4 Å². The number of thioether (sulfide) groups is 1. The van der Waals surface area contributed by atoms with Crippen LogP contribution in [0, 0.1) is 11.6 Å². The number of amidine groups is 1. The Morgan fingerprint density at radius 2 is 1.95 bits per heavy atom. The molecule has 0 amide bonds. The Morgan fingerprint density at radius 1 is 1.23 bits per heavy atom. The highest BCUT2D eigenvalue weighted by atomic mass is 35.5. The van der Waals surface area contributed by atoms with E-state index in [2.05, 4.69) is 10.2 Å². The topological polar surface area (TPSA) is 50.7 Å². The van der Waals surface area contributed by atoms with Crippen molar-refractivity contribution in [3.05, 3.63) is 70.2 Å². The fraction of sp³-hybridized carbons (Fsp3) is 0.0667. The van der Waals surface area contributed by atoms with Crippen molar-refractivity contribution in [2.75, 3.05) is 0 Å². The Kier molecular flexibility index (Phi) is 5.91. The van der Waals surface area contributed by atoms with Gasteiger partial charge in [-0.15, -0.1) is 5.10 Å². The van der Waals surface area contributed by atoms with Crippen molar-refractivity contribution >= 4 is 34.7 Å². The summed E-state index contributed by atoms with van der Waals surface area (Å²) in [6, 6.07) is 12.0. The van der Waals surface area contributed by atoms with Gasteiger partial charge in [-0.2, -0.15) is 5.10 Å². The van der Waals surface area contributed by atoms with Crippen molar-refractivity contribution < 1.29 is 8.78 Å². The van der Waals surface area contributed by atoms with Crippen molar-refractivity contribution in [3.8, 4) is 0 Å². The predicted octanol–water partition coefficient (Wildman–Crippen LogP) is 4.20. The molecule has 0 saturated carbocycles. The summed E-state index contributed by atoms with van der Waals surface area (Å²) in [5, 5.41) is 7.48. The van der Waals surface area contributed by atoms with Gasteiger partial charge in [0.05, 0.1) is 11.2 Å². The van der Waals surface area contributed by atoms with Gasteiger partial charge in [-0.25, -0.2) is 8.78 Å². The van der Waals surface area contributed by atoms with E-state index in [4.69, 9.17) is 17.3 Å². The van der Waals surface area contributed by atoms with E-state index in [-0.39, 0.29) is 10.2 Å². The summed E-state index contributed by atoms with van der Waals surface area (Å²) >= 11 is 6.86. The van der Waals surface area contributed by atoms with Gasteiger partial charge in [0.1, 0.15) is 0 Å². The molecule has 0 saturated heterocycles. The van der Waals surface area contributed by atoms with E-state index in [0.717, 1.165) is 11.6 Å². The number of hydrogen-bond acceptors (Lipinski definition) is 3. The zero-order valence-corrected chi connectivity index (χ0v) is 12.9. The number of hydrogen-bond donors (Lipinski definition) is 1. The molecule has 0 aliphatic carbocycles. The minimum absolute atomic E-state index is 0.272. The number of nitrogens with two attached hydrogens (primary N) is 1. The van der Waals surface area contributed by atoms with E-state index in [1.807, 2.05) is 30.3 Å². The minimum atomic E-state index is -1.08. The lowest BCUT2D eigenvalue weighted by molar-refractivity contribution is 0.509. The summed E-state index contributed by atoms with van der Waals surface area (Å²) in [7, 11) is 0. The Labute approximate surface area is 135 Å². The van der Waals surface area contributed by atoms with E-state index in [0.29, 0.717) is 11.3 Å². The smallest absolute Gasteiger partial charge is 0.180 e. The van der Waals surface area contributed by atoms with Crippen LogP contribution in [0.5, 0.6) is 0 Å². The maximum atomic E-state index is 13.1. The number of rotatable bonds is 4. The molecule has 0 atom stereocenters. The molecule has 0 spiro atoms. The zero-order valence-electron chi connectivity index (χ0n) is 11.3. The van der Waals surface area contributed by atoms with Crippen LogP contribution in [0.4, 0.5) is 8.78 Å². The van der Waals surface area contributed by atoms with Gasteiger partial charge in [-0.05, 0) is 23.3 Å². The normalized spacial score (nSPS) is 12.0. The summed E-state index contributed by atoms with van der Waals surface area (Å²) < 4.78 is 26.2. The number of nitrogens with zero attached hydrogens (tertiary/aromatic N) is 2. The SMILES string of the molecule is NC(=NN=Cc1cc(F)c(F)c(Cl)c1)SCc1ccccc1. The molecule has 7 heteroatoms. The largest absolute Gasteiger partial charge is 0.377 e. The van der Waals surface area contributed by atoms with E-state index in [1.54, 1.807) is 0 Å². The van der Waals surface area contributed by atoms with Crippen LogP contribution in [-0.4, -0.2) is 11.4 Å². The maximum Gasteiger partial charge on any atom is 0.180 e. The molecule has 0 heterocycles. The molecule has 22 heavy (non-hydrogen) atoms. The van der Waals surface area contributed by atoms with Gasteiger partial charge in [0.2, 0.25) is 0 Å². The van der Waals surface area contributed by atoms with Crippen molar-refractivity contribution in [1.82, 2.24) is 0 Å². The van der Waals surface area contributed by atoms with Crippen LogP contribution in [0.2, 0.25) is 5.02 Å². The van der Waals surface area contributed by atoms with Gasteiger partial charge < -0.3 is 5.73 Å². The van der Waals surface area contributed by atoms with Crippen molar-refractivity contribution in [3.63, 3.8) is 0 Å². The minimum Gasteiger partial charge on any atom is -0.377 e. The van der Waals surface area contributed by atoms with Gasteiger partial charge >= 0.3 is 0 Å². The summed E-state index contributed by atoms with van der Waals surface area (Å²) in [5.41, 5.74) is 7.12. The standard InChI is InChI=1S/C15H12ClF2N3S/c16-12-6-11(7-13(17)14(12)18)8-20-21-15(19)22-9-10-4-2-1-3-5-10/h1-8H,9H2,(H2,19,21). The molecule has 114 valence electrons. The van der Waals surface area contributed by atoms with Gasteiger partial charge in [-0.1, -0.05) is 53.7 Å². The van der Waals surface area contributed by atoms with Gasteiger partial charge in [0, 0.05) is 5.75 Å². The summed E-state index contributed by atoms with van der Waals surface area (Å²) in [4.78, 5) is 0. The molecular weight excluding hydrogens is 328 g/mol. The fourth-order valence-corrected chi connectivity index (χ4v) is 2.39. The van der Waals surface area contributed by atoms with Crippen molar-refractivity contribution in [1.29, 1.82) is 0 Å². The van der Waals surface area contributed by atoms with Gasteiger partial charge in [-0.3, -0.25) is 0 Å². The highest BCUT2D eigenvalue weighted by Gasteiger charge is 2.07. The Hall–Kier alpha value is -1.92. The predicted molar refractivity (Wildman–Crippen MR) is 88.3 cm³/mol. The van der Waals surface area contributed by atoms with Gasteiger partial charge in [0.15, 0.2) is 16.8 Å². The first kappa shape index (κ1) is 16.5. The van der Waals surface area contributed by atoms with Crippen LogP contribution < -0.4 is 5.73 Å². The Morgan fingerprint density at radius 3 is 2.64 bits per heavy atom. The van der Waals surface area contributed by atoms with E-state index in [1.165, 1.54) is 24.0 Å². The van der Waals surface area contributed by atoms with Crippen LogP contribution in [0.1, 0.15) is 11.1 Å². The summed E-state index contributed by atoms with van der Waals surface area (Å²) in [5.74, 6) is -1.45. The number of benzene rings is 2. The molecule has 0 radical (unpaired) electrons. The molecule has 0 aliphatic rings. The average Bonchev–Trinajstić information content (AvgIpc) is 2.51. The lowest BCUT2D eigenvalue weighted by atomic mass is 10.2. The van der Waals surface area contributed by atoms with Crippen molar-refractivity contribution in [2.45, 2.75) is 5.75 Å². The molecule has 0 bridgehead atoms. The molecule has 2 rings (SSSR count). The van der Waals surface area contributed by atoms with E-state index in [9.17, 15) is 8.78 Å². The fourth-order valence-electron chi connectivity index (χ4n) is 1.56. The second-order valence-corrected chi connectivity index (χ2v) is 5.66. The monoisotopic (exact) mass is 339 g/mol. The molecular formula is C15H12ClF2N3S. The zero-order chi connectivity index (χ0) is 15.9. The quantitative estimate of drug-likeness (QED) is 0.393. The first-order valence-corrected chi connectivity index (χ1v) is 7.60. The molecule has 0 fully saturated rings. The van der Waals surface area contributed by atoms with Crippen molar-refractivity contribution in [2.24, 2.45) is 15.9 Å². The molecule has 0 aromatic heterocycles.